The Balaban J connectivity index is 1.31. The summed E-state index contributed by atoms with van der Waals surface area (Å²) in [5, 5.41) is 21.4. The van der Waals surface area contributed by atoms with E-state index in [0.717, 1.165) is 11.1 Å². The van der Waals surface area contributed by atoms with Crippen LogP contribution in [0.15, 0.2) is 71.9 Å². The van der Waals surface area contributed by atoms with Crippen molar-refractivity contribution < 1.29 is 51.2 Å². The van der Waals surface area contributed by atoms with Crippen LogP contribution in [0.3, 0.4) is 0 Å². The molecule has 0 radical (unpaired) electrons. The number of aliphatic hydroxyl groups is 1. The molecule has 1 fully saturated rings. The number of aromatic nitrogens is 1. The van der Waals surface area contributed by atoms with E-state index in [0.29, 0.717) is 28.3 Å². The van der Waals surface area contributed by atoms with Gasteiger partial charge < -0.3 is 25.0 Å². The molecule has 3 aromatic carbocycles. The highest BCUT2D eigenvalue weighted by Gasteiger charge is 2.33. The van der Waals surface area contributed by atoms with Gasteiger partial charge in [-0.05, 0) is 28.8 Å². The molecule has 5 rings (SSSR count). The number of carbonyl (C=O) groups excluding carboxylic acids is 1. The van der Waals surface area contributed by atoms with Crippen molar-refractivity contribution >= 4 is 23.6 Å². The van der Waals surface area contributed by atoms with Crippen LogP contribution in [0.1, 0.15) is 61.8 Å². The van der Waals surface area contributed by atoms with Crippen molar-refractivity contribution in [3.8, 4) is 0 Å². The number of pyridine rings is 1. The molecule has 1 amide bonds. The van der Waals surface area contributed by atoms with Crippen molar-refractivity contribution in [3.63, 3.8) is 0 Å². The van der Waals surface area contributed by atoms with Crippen LogP contribution in [-0.4, -0.2) is 38.9 Å². The molecule has 46 heavy (non-hydrogen) atoms. The van der Waals surface area contributed by atoms with Gasteiger partial charge in [0.2, 0.25) is 5.82 Å². The molecular formula is C32H25F5N2O6S. The Morgan fingerprint density at radius 3 is 2.09 bits per heavy atom. The molecule has 2 heterocycles. The lowest BCUT2D eigenvalue weighted by Crippen LogP contribution is -2.31. The fourth-order valence-corrected chi connectivity index (χ4v) is 5.74. The van der Waals surface area contributed by atoms with Gasteiger partial charge in [-0.1, -0.05) is 48.5 Å². The predicted molar refractivity (Wildman–Crippen MR) is 154 cm³/mol. The number of benzene rings is 3. The van der Waals surface area contributed by atoms with E-state index in [4.69, 9.17) is 9.47 Å². The summed E-state index contributed by atoms with van der Waals surface area (Å²) >= 11 is 1.23. The van der Waals surface area contributed by atoms with Crippen molar-refractivity contribution in [3.05, 3.63) is 129 Å². The lowest BCUT2D eigenvalue weighted by atomic mass is 10.0. The molecule has 14 heteroatoms. The highest BCUT2D eigenvalue weighted by Crippen LogP contribution is 2.39. The minimum atomic E-state index is -2.36. The second kappa shape index (κ2) is 14.4. The lowest BCUT2D eigenvalue weighted by molar-refractivity contribution is -0.245. The molecular weight excluding hydrogens is 635 g/mol. The van der Waals surface area contributed by atoms with Gasteiger partial charge in [0, 0.05) is 30.5 Å². The second-order valence-electron chi connectivity index (χ2n) is 10.2. The smallest absolute Gasteiger partial charge is 0.338 e. The molecule has 0 spiro atoms. The number of amides is 1. The number of nitrogens with one attached hydrogen (secondary N) is 1. The lowest BCUT2D eigenvalue weighted by Gasteiger charge is -2.36. The summed E-state index contributed by atoms with van der Waals surface area (Å²) in [6, 6.07) is 16.6. The van der Waals surface area contributed by atoms with Crippen molar-refractivity contribution in [2.45, 2.75) is 43.1 Å². The summed E-state index contributed by atoms with van der Waals surface area (Å²) in [6.07, 6.45) is 0.219. The maximum absolute atomic E-state index is 14.0. The zero-order valence-electron chi connectivity index (χ0n) is 23.7. The summed E-state index contributed by atoms with van der Waals surface area (Å²) in [5.41, 5.74) is 1.05. The topological polar surface area (TPSA) is 118 Å². The predicted octanol–water partition coefficient (Wildman–Crippen LogP) is 6.24. The van der Waals surface area contributed by atoms with E-state index in [1.54, 1.807) is 36.4 Å². The maximum Gasteiger partial charge on any atom is 0.338 e. The SMILES string of the molecule is O=C(O)c1cccnc1SC[C@@H]1C[C@H](c2ccc(CO)cc2)O[C@H](c2ccc(CNC(=O)c3c(F)c(F)c(F)c(F)c3F)cc2)O1. The van der Waals surface area contributed by atoms with Crippen LogP contribution in [0.4, 0.5) is 22.0 Å². The molecule has 0 saturated carbocycles. The third kappa shape index (κ3) is 7.20. The Kier molecular flexibility index (Phi) is 10.3. The molecule has 0 aliphatic carbocycles. The zero-order valence-corrected chi connectivity index (χ0v) is 24.5. The summed E-state index contributed by atoms with van der Waals surface area (Å²) < 4.78 is 80.9. The Morgan fingerprint density at radius 2 is 1.46 bits per heavy atom. The molecule has 8 nitrogen and oxygen atoms in total. The number of hydrogen-bond donors (Lipinski definition) is 3. The summed E-state index contributed by atoms with van der Waals surface area (Å²) in [6.45, 7) is -0.415. The zero-order chi connectivity index (χ0) is 33.0. The number of halogens is 5. The molecule has 1 aliphatic rings. The van der Waals surface area contributed by atoms with Crippen LogP contribution in [0, 0.1) is 29.1 Å². The monoisotopic (exact) mass is 660 g/mol. The van der Waals surface area contributed by atoms with E-state index in [1.165, 1.54) is 30.1 Å². The first kappa shape index (κ1) is 33.0. The van der Waals surface area contributed by atoms with Crippen LogP contribution < -0.4 is 5.32 Å². The van der Waals surface area contributed by atoms with Gasteiger partial charge in [-0.2, -0.15) is 0 Å². The Hall–Kier alpha value is -4.37. The standard InChI is InChI=1S/C32H25F5N2O6S/c33-24-23(25(34)27(36)28(37)26(24)35)29(41)39-13-16-3-9-19(10-4-16)32-44-20(15-46-30-21(31(42)43)2-1-11-38-30)12-22(45-32)18-7-5-17(14-40)6-8-18/h1-11,20,22,32,40H,12-15H2,(H,39,41)(H,42,43)/t20-,22+,32+/m0/s1. The molecule has 1 aliphatic heterocycles. The van der Waals surface area contributed by atoms with Gasteiger partial charge >= 0.3 is 5.97 Å². The van der Waals surface area contributed by atoms with Crippen molar-refractivity contribution in [2.24, 2.45) is 0 Å². The van der Waals surface area contributed by atoms with E-state index in [-0.39, 0.29) is 18.7 Å². The normalized spacial score (nSPS) is 17.9. The van der Waals surface area contributed by atoms with Crippen molar-refractivity contribution in [1.29, 1.82) is 0 Å². The Bertz CT molecular complexity index is 1710. The minimum absolute atomic E-state index is 0.0649. The molecule has 0 unspecified atom stereocenters. The van der Waals surface area contributed by atoms with Crippen LogP contribution in [0.25, 0.3) is 0 Å². The van der Waals surface area contributed by atoms with Crippen molar-refractivity contribution in [2.75, 3.05) is 5.75 Å². The number of carboxylic acids is 1. The largest absolute Gasteiger partial charge is 0.478 e. The number of aliphatic hydroxyl groups excluding tert-OH is 1. The first-order valence-electron chi connectivity index (χ1n) is 13.8. The first-order chi connectivity index (χ1) is 22.1. The van der Waals surface area contributed by atoms with Crippen LogP contribution in [-0.2, 0) is 22.6 Å². The van der Waals surface area contributed by atoms with E-state index in [9.17, 15) is 41.8 Å². The van der Waals surface area contributed by atoms with E-state index in [1.807, 2.05) is 12.1 Å². The second-order valence-corrected chi connectivity index (χ2v) is 11.2. The highest BCUT2D eigenvalue weighted by atomic mass is 32.2. The number of carbonyl (C=O) groups is 2. The molecule has 1 aromatic heterocycles. The van der Waals surface area contributed by atoms with Gasteiger partial charge in [0.25, 0.3) is 5.91 Å². The Labute approximate surface area is 263 Å². The fourth-order valence-electron chi connectivity index (χ4n) is 4.73. The highest BCUT2D eigenvalue weighted by molar-refractivity contribution is 7.99. The number of rotatable bonds is 10. The minimum Gasteiger partial charge on any atom is -0.478 e. The molecule has 1 saturated heterocycles. The van der Waals surface area contributed by atoms with Gasteiger partial charge in [-0.3, -0.25) is 4.79 Å². The molecule has 4 aromatic rings. The third-order valence-corrected chi connectivity index (χ3v) is 8.30. The third-order valence-electron chi connectivity index (χ3n) is 7.16. The first-order valence-corrected chi connectivity index (χ1v) is 14.8. The van der Waals surface area contributed by atoms with E-state index in [2.05, 4.69) is 10.3 Å². The summed E-state index contributed by atoms with van der Waals surface area (Å²) in [5.74, 6) is -13.5. The average Bonchev–Trinajstić information content (AvgIpc) is 3.08. The number of nitrogens with zero attached hydrogens (tertiary/aromatic N) is 1. The van der Waals surface area contributed by atoms with Crippen LogP contribution in [0.5, 0.6) is 0 Å². The average molecular weight is 661 g/mol. The van der Waals surface area contributed by atoms with E-state index < -0.39 is 65.0 Å². The number of aromatic carboxylic acids is 1. The Morgan fingerprint density at radius 1 is 0.848 bits per heavy atom. The quantitative estimate of drug-likeness (QED) is 0.0793. The summed E-state index contributed by atoms with van der Waals surface area (Å²) in [7, 11) is 0. The van der Waals surface area contributed by atoms with Gasteiger partial charge in [0.1, 0.15) is 10.6 Å². The molecule has 0 bridgehead atoms. The van der Waals surface area contributed by atoms with Crippen LogP contribution >= 0.6 is 11.8 Å². The number of thioether (sulfide) groups is 1. The molecule has 3 atom stereocenters. The van der Waals surface area contributed by atoms with Gasteiger partial charge in [0.05, 0.1) is 24.4 Å². The molecule has 240 valence electrons. The van der Waals surface area contributed by atoms with E-state index >= 15 is 0 Å². The van der Waals surface area contributed by atoms with Gasteiger partial charge in [0.15, 0.2) is 29.6 Å². The number of hydrogen-bond acceptors (Lipinski definition) is 7. The van der Waals surface area contributed by atoms with Gasteiger partial charge in [-0.25, -0.2) is 31.7 Å². The fraction of sp³-hybridized carbons (Fsp3) is 0.219. The molecule has 3 N–H and O–H groups in total. The number of ether oxygens (including phenoxy) is 2. The van der Waals surface area contributed by atoms with Crippen LogP contribution in [0.2, 0.25) is 0 Å². The summed E-state index contributed by atoms with van der Waals surface area (Å²) in [4.78, 5) is 28.1. The van der Waals surface area contributed by atoms with Crippen molar-refractivity contribution in [1.82, 2.24) is 10.3 Å². The maximum atomic E-state index is 14.0. The van der Waals surface area contributed by atoms with Gasteiger partial charge in [-0.15, -0.1) is 11.8 Å². The number of carboxylic acid groups (broad SMARTS) is 1.